The molecule has 0 heterocycles. The van der Waals surface area contributed by atoms with Crippen LogP contribution < -0.4 is 0 Å². The second-order valence-corrected chi connectivity index (χ2v) is 5.58. The fourth-order valence-corrected chi connectivity index (χ4v) is 0.838. The Balaban J connectivity index is 4.07. The normalized spacial score (nSPS) is 12.1. The molecule has 0 aliphatic heterocycles. The van der Waals surface area contributed by atoms with E-state index in [1.807, 2.05) is 41.5 Å². The Morgan fingerprint density at radius 2 is 1.56 bits per heavy atom. The molecular formula is C14H26O4. The van der Waals surface area contributed by atoms with Crippen molar-refractivity contribution < 1.29 is 19.3 Å². The third-order valence-electron chi connectivity index (χ3n) is 2.82. The van der Waals surface area contributed by atoms with Gasteiger partial charge in [0.15, 0.2) is 0 Å². The lowest BCUT2D eigenvalue weighted by Crippen LogP contribution is -2.27. The third kappa shape index (κ3) is 7.33. The fourth-order valence-electron chi connectivity index (χ4n) is 0.838. The van der Waals surface area contributed by atoms with E-state index in [0.29, 0.717) is 0 Å². The summed E-state index contributed by atoms with van der Waals surface area (Å²) >= 11 is 0. The van der Waals surface area contributed by atoms with Gasteiger partial charge >= 0.3 is 5.97 Å². The summed E-state index contributed by atoms with van der Waals surface area (Å²) in [6, 6.07) is 0. The summed E-state index contributed by atoms with van der Waals surface area (Å²) in [5, 5.41) is 0. The van der Waals surface area contributed by atoms with Gasteiger partial charge in [0.05, 0.1) is 0 Å². The predicted molar refractivity (Wildman–Crippen MR) is 70.8 cm³/mol. The van der Waals surface area contributed by atoms with E-state index < -0.39 is 11.2 Å². The van der Waals surface area contributed by atoms with Gasteiger partial charge in [-0.1, -0.05) is 20.4 Å². The zero-order valence-corrected chi connectivity index (χ0v) is 12.5. The quantitative estimate of drug-likeness (QED) is 0.288. The molecule has 18 heavy (non-hydrogen) atoms. The summed E-state index contributed by atoms with van der Waals surface area (Å²) in [7, 11) is 0. The van der Waals surface area contributed by atoms with Gasteiger partial charge < -0.3 is 9.62 Å². The van der Waals surface area contributed by atoms with Crippen molar-refractivity contribution >= 4 is 5.97 Å². The van der Waals surface area contributed by atoms with E-state index >= 15 is 0 Å². The number of rotatable bonds is 8. The van der Waals surface area contributed by atoms with Gasteiger partial charge in [0.1, 0.15) is 23.4 Å². The van der Waals surface area contributed by atoms with Crippen LogP contribution in [0.2, 0.25) is 0 Å². The average molecular weight is 258 g/mol. The van der Waals surface area contributed by atoms with Crippen LogP contribution in [-0.2, 0) is 19.3 Å². The topological polar surface area (TPSA) is 44.8 Å². The van der Waals surface area contributed by atoms with Crippen LogP contribution >= 0.6 is 0 Å². The highest BCUT2D eigenvalue weighted by molar-refractivity contribution is 5.72. The molecule has 0 unspecified atom stereocenters. The van der Waals surface area contributed by atoms with Crippen molar-refractivity contribution in [3.8, 4) is 0 Å². The van der Waals surface area contributed by atoms with Gasteiger partial charge in [-0.3, -0.25) is 4.79 Å². The van der Waals surface area contributed by atoms with E-state index in [0.717, 1.165) is 12.8 Å². The van der Waals surface area contributed by atoms with Crippen molar-refractivity contribution in [3.63, 3.8) is 0 Å². The molecule has 0 saturated carbocycles. The molecule has 0 rings (SSSR count). The second kappa shape index (κ2) is 6.78. The van der Waals surface area contributed by atoms with Crippen molar-refractivity contribution in [2.75, 3.05) is 0 Å². The Morgan fingerprint density at radius 3 is 2.00 bits per heavy atom. The summed E-state index contributed by atoms with van der Waals surface area (Å²) < 4.78 is 5.28. The van der Waals surface area contributed by atoms with Crippen molar-refractivity contribution in [3.05, 3.63) is 12.3 Å². The van der Waals surface area contributed by atoms with E-state index in [9.17, 15) is 4.79 Å². The fraction of sp³-hybridized carbons (Fsp3) is 0.786. The first-order chi connectivity index (χ1) is 8.12. The summed E-state index contributed by atoms with van der Waals surface area (Å²) in [6.07, 6.45) is 1.56. The van der Waals surface area contributed by atoms with Gasteiger partial charge in [-0.15, -0.1) is 0 Å². The van der Waals surface area contributed by atoms with E-state index in [1.54, 1.807) is 0 Å². The van der Waals surface area contributed by atoms with Crippen molar-refractivity contribution in [2.45, 2.75) is 72.0 Å². The SMILES string of the molecule is C=C(CC(=O)OC(C)(C)CC)OOC(C)(C)CC. The van der Waals surface area contributed by atoms with Crippen LogP contribution in [0, 0.1) is 0 Å². The molecule has 0 amide bonds. The molecule has 106 valence electrons. The van der Waals surface area contributed by atoms with Gasteiger partial charge in [-0.2, -0.15) is 4.89 Å². The maximum Gasteiger partial charge on any atom is 0.314 e. The van der Waals surface area contributed by atoms with Gasteiger partial charge in [-0.05, 0) is 40.5 Å². The first kappa shape index (κ1) is 17.0. The van der Waals surface area contributed by atoms with Crippen LogP contribution in [0.4, 0.5) is 0 Å². The largest absolute Gasteiger partial charge is 0.459 e. The number of esters is 1. The van der Waals surface area contributed by atoms with Crippen LogP contribution in [-0.4, -0.2) is 17.2 Å². The molecule has 0 radical (unpaired) electrons. The Labute approximate surface area is 110 Å². The molecule has 0 bridgehead atoms. The van der Waals surface area contributed by atoms with E-state index in [4.69, 9.17) is 14.5 Å². The minimum atomic E-state index is -0.457. The maximum atomic E-state index is 11.6. The second-order valence-electron chi connectivity index (χ2n) is 5.58. The van der Waals surface area contributed by atoms with Crippen LogP contribution in [0.3, 0.4) is 0 Å². The highest BCUT2D eigenvalue weighted by Crippen LogP contribution is 2.19. The zero-order chi connectivity index (χ0) is 14.4. The molecule has 4 nitrogen and oxygen atoms in total. The van der Waals surface area contributed by atoms with Gasteiger partial charge in [0.2, 0.25) is 0 Å². The molecule has 4 heteroatoms. The summed E-state index contributed by atoms with van der Waals surface area (Å²) in [5.74, 6) is -0.0989. The van der Waals surface area contributed by atoms with Crippen molar-refractivity contribution in [1.82, 2.24) is 0 Å². The standard InChI is InChI=1S/C14H26O4/c1-8-13(4,5)16-12(15)10-11(3)17-18-14(6,7)9-2/h3,8-10H2,1-2,4-7H3. The number of ether oxygens (including phenoxy) is 1. The number of hydrogen-bond donors (Lipinski definition) is 0. The van der Waals surface area contributed by atoms with E-state index in [1.165, 1.54) is 0 Å². The monoisotopic (exact) mass is 258 g/mol. The molecule has 0 aliphatic carbocycles. The van der Waals surface area contributed by atoms with E-state index in [2.05, 4.69) is 6.58 Å². The molecule has 0 spiro atoms. The molecule has 0 aromatic carbocycles. The lowest BCUT2D eigenvalue weighted by molar-refractivity contribution is -0.328. The van der Waals surface area contributed by atoms with Crippen LogP contribution in [0.15, 0.2) is 12.3 Å². The van der Waals surface area contributed by atoms with Crippen molar-refractivity contribution in [2.24, 2.45) is 0 Å². The molecule has 0 atom stereocenters. The predicted octanol–water partition coefficient (Wildman–Crippen LogP) is 3.76. The van der Waals surface area contributed by atoms with Crippen LogP contribution in [0.5, 0.6) is 0 Å². The number of hydrogen-bond acceptors (Lipinski definition) is 4. The smallest absolute Gasteiger partial charge is 0.314 e. The molecule has 0 aromatic rings. The maximum absolute atomic E-state index is 11.6. The third-order valence-corrected chi connectivity index (χ3v) is 2.82. The molecule has 0 N–H and O–H groups in total. The number of carbonyl (C=O) groups excluding carboxylic acids is 1. The van der Waals surface area contributed by atoms with Gasteiger partial charge in [0, 0.05) is 0 Å². The molecule has 0 saturated heterocycles. The number of carbonyl (C=O) groups is 1. The summed E-state index contributed by atoms with van der Waals surface area (Å²) in [6.45, 7) is 15.1. The Morgan fingerprint density at radius 1 is 1.06 bits per heavy atom. The highest BCUT2D eigenvalue weighted by Gasteiger charge is 2.22. The van der Waals surface area contributed by atoms with Crippen molar-refractivity contribution in [1.29, 1.82) is 0 Å². The van der Waals surface area contributed by atoms with Crippen LogP contribution in [0.1, 0.15) is 60.8 Å². The van der Waals surface area contributed by atoms with E-state index in [-0.39, 0.29) is 18.1 Å². The molecular weight excluding hydrogens is 232 g/mol. The molecule has 0 aliphatic rings. The molecule has 0 fully saturated rings. The Kier molecular flexibility index (Phi) is 6.39. The first-order valence-electron chi connectivity index (χ1n) is 6.37. The lowest BCUT2D eigenvalue weighted by atomic mass is 10.1. The van der Waals surface area contributed by atoms with Gasteiger partial charge in [-0.25, -0.2) is 0 Å². The minimum absolute atomic E-state index is 0.00320. The zero-order valence-electron chi connectivity index (χ0n) is 12.5. The average Bonchev–Trinajstić information content (AvgIpc) is 2.26. The Bertz CT molecular complexity index is 292. The van der Waals surface area contributed by atoms with Gasteiger partial charge in [0.25, 0.3) is 0 Å². The lowest BCUT2D eigenvalue weighted by Gasteiger charge is -2.24. The molecule has 0 aromatic heterocycles. The first-order valence-corrected chi connectivity index (χ1v) is 6.37. The summed E-state index contributed by atoms with van der Waals surface area (Å²) in [5.41, 5.74) is -0.851. The minimum Gasteiger partial charge on any atom is -0.459 e. The van der Waals surface area contributed by atoms with Crippen LogP contribution in [0.25, 0.3) is 0 Å². The highest BCUT2D eigenvalue weighted by atomic mass is 17.2. The Hall–Kier alpha value is -1.03. The summed E-state index contributed by atoms with van der Waals surface area (Å²) in [4.78, 5) is 21.8.